The van der Waals surface area contributed by atoms with Crippen molar-refractivity contribution in [1.82, 2.24) is 0 Å². The first kappa shape index (κ1) is 37.0. The number of hydrogen-bond donors (Lipinski definition) is 0. The third-order valence-electron chi connectivity index (χ3n) is 11.4. The molecule has 7 nitrogen and oxygen atoms in total. The van der Waals surface area contributed by atoms with Crippen LogP contribution in [0.15, 0.2) is 84.9 Å². The Morgan fingerprint density at radius 2 is 1.45 bits per heavy atom. The number of hydrogen-bond acceptors (Lipinski definition) is 7. The van der Waals surface area contributed by atoms with Crippen molar-refractivity contribution in [3.8, 4) is 5.75 Å². The Kier molecular flexibility index (Phi) is 11.2. The van der Waals surface area contributed by atoms with E-state index in [4.69, 9.17) is 23.4 Å². The average Bonchev–Trinajstić information content (AvgIpc) is 3.35. The molecule has 0 spiro atoms. The fraction of sp³-hybridized carbons (Fsp3) is 0.512. The van der Waals surface area contributed by atoms with Crippen LogP contribution in [0.3, 0.4) is 0 Å². The quantitative estimate of drug-likeness (QED) is 0.147. The fourth-order valence-electron chi connectivity index (χ4n) is 7.30. The van der Waals surface area contributed by atoms with Crippen LogP contribution in [0, 0.1) is 11.3 Å². The Morgan fingerprint density at radius 3 is 2.06 bits per heavy atom. The molecule has 49 heavy (non-hydrogen) atoms. The van der Waals surface area contributed by atoms with Crippen LogP contribution in [0.1, 0.15) is 81.8 Å². The van der Waals surface area contributed by atoms with Crippen LogP contribution in [0.25, 0.3) is 0 Å². The van der Waals surface area contributed by atoms with Crippen molar-refractivity contribution in [2.75, 3.05) is 7.11 Å². The number of fused-ring (bicyclic) bond motifs is 2. The summed E-state index contributed by atoms with van der Waals surface area (Å²) in [6.45, 7) is 16.1. The predicted molar refractivity (Wildman–Crippen MR) is 194 cm³/mol. The van der Waals surface area contributed by atoms with E-state index in [0.717, 1.165) is 16.9 Å². The molecule has 0 amide bonds. The van der Waals surface area contributed by atoms with Crippen molar-refractivity contribution in [3.63, 3.8) is 0 Å². The van der Waals surface area contributed by atoms with Crippen LogP contribution in [0.5, 0.6) is 5.75 Å². The topological polar surface area (TPSA) is 80.3 Å². The summed E-state index contributed by atoms with van der Waals surface area (Å²) in [5.41, 5.74) is 0.531. The molecule has 0 saturated heterocycles. The van der Waals surface area contributed by atoms with Gasteiger partial charge < -0.3 is 23.4 Å². The normalized spacial score (nSPS) is 25.6. The number of esters is 1. The van der Waals surface area contributed by atoms with Gasteiger partial charge in [-0.1, -0.05) is 95.3 Å². The molecule has 2 fully saturated rings. The number of methoxy groups -OCH3 is 1. The van der Waals surface area contributed by atoms with Crippen molar-refractivity contribution in [2.24, 2.45) is 11.3 Å². The Labute approximate surface area is 293 Å². The third-order valence-corrected chi connectivity index (χ3v) is 15.9. The number of Topliss-reactive ketones (excluding diaryl/α,β-unsaturated/α-hetero) is 1. The standard InChI is InChI=1S/C41H54O7Si/c1-39(2,3)49(7,8)48-34-23-24-35(47-38(43)31-17-13-10-14-18-31)37(42)41(46-28-29-15-11-9-12-16-29)26-25-33(40(41,4)5)36(34)45-27-30-19-21-32(44-6)22-20-30/h9-22,33-36H,23-28H2,1-8H3/t33-,34+,35-,36-,41-/m1/s1. The third kappa shape index (κ3) is 7.88. The number of ketones is 1. The lowest BCUT2D eigenvalue weighted by Gasteiger charge is -2.47. The van der Waals surface area contributed by atoms with Gasteiger partial charge in [-0.15, -0.1) is 0 Å². The smallest absolute Gasteiger partial charge is 0.338 e. The summed E-state index contributed by atoms with van der Waals surface area (Å²) in [5, 5.41) is -0.0469. The molecule has 5 rings (SSSR count). The molecule has 0 heterocycles. The molecular weight excluding hydrogens is 633 g/mol. The molecule has 0 unspecified atom stereocenters. The highest BCUT2D eigenvalue weighted by Gasteiger charge is 2.65. The van der Waals surface area contributed by atoms with Gasteiger partial charge in [0.1, 0.15) is 11.4 Å². The second-order valence-electron chi connectivity index (χ2n) is 15.7. The second kappa shape index (κ2) is 14.9. The molecule has 0 radical (unpaired) electrons. The van der Waals surface area contributed by atoms with Crippen LogP contribution in [0.2, 0.25) is 18.1 Å². The first-order chi connectivity index (χ1) is 23.2. The first-order valence-corrected chi connectivity index (χ1v) is 20.5. The van der Waals surface area contributed by atoms with Crippen LogP contribution in [-0.2, 0) is 36.6 Å². The van der Waals surface area contributed by atoms with E-state index in [9.17, 15) is 4.79 Å². The van der Waals surface area contributed by atoms with Gasteiger partial charge in [0.15, 0.2) is 14.4 Å². The van der Waals surface area contributed by atoms with Gasteiger partial charge in [0.05, 0.1) is 38.1 Å². The molecule has 2 aliphatic carbocycles. The predicted octanol–water partition coefficient (Wildman–Crippen LogP) is 8.95. The molecule has 3 aromatic carbocycles. The first-order valence-electron chi connectivity index (χ1n) is 17.6. The summed E-state index contributed by atoms with van der Waals surface area (Å²) in [6, 6.07) is 26.7. The Balaban J connectivity index is 1.57. The van der Waals surface area contributed by atoms with Crippen LogP contribution < -0.4 is 4.74 Å². The Bertz CT molecular complexity index is 1550. The number of carbonyl (C=O) groups is 2. The van der Waals surface area contributed by atoms with Crippen molar-refractivity contribution in [1.29, 1.82) is 0 Å². The molecule has 3 aromatic rings. The van der Waals surface area contributed by atoms with Gasteiger partial charge in [-0.2, -0.15) is 0 Å². The van der Waals surface area contributed by atoms with Gasteiger partial charge in [0.2, 0.25) is 5.78 Å². The zero-order chi connectivity index (χ0) is 35.5. The SMILES string of the molecule is COc1ccc(CO[C@H]2[C@@H](O[Si](C)(C)C(C)(C)C)CC[C@@H](OC(=O)c3ccccc3)C(=O)[C@]3(OCc4ccccc4)CC[C@H]2C3(C)C)cc1. The summed E-state index contributed by atoms with van der Waals surface area (Å²) in [5.74, 6) is 0.0287. The van der Waals surface area contributed by atoms with Gasteiger partial charge >= 0.3 is 5.97 Å². The van der Waals surface area contributed by atoms with E-state index in [1.165, 1.54) is 0 Å². The second-order valence-corrected chi connectivity index (χ2v) is 20.5. The van der Waals surface area contributed by atoms with Crippen molar-refractivity contribution >= 4 is 20.1 Å². The minimum Gasteiger partial charge on any atom is -0.497 e. The Morgan fingerprint density at radius 1 is 0.837 bits per heavy atom. The Hall–Kier alpha value is -3.30. The van der Waals surface area contributed by atoms with E-state index in [2.05, 4.69) is 47.7 Å². The molecule has 0 N–H and O–H groups in total. The number of rotatable bonds is 11. The molecule has 0 aromatic heterocycles. The van der Waals surface area contributed by atoms with Gasteiger partial charge in [0, 0.05) is 5.41 Å². The summed E-state index contributed by atoms with van der Waals surface area (Å²) >= 11 is 0. The lowest BCUT2D eigenvalue weighted by molar-refractivity contribution is -0.178. The van der Waals surface area contributed by atoms with E-state index in [1.807, 2.05) is 60.7 Å². The number of benzene rings is 3. The number of carbonyl (C=O) groups excluding carboxylic acids is 2. The van der Waals surface area contributed by atoms with Crippen molar-refractivity contribution in [3.05, 3.63) is 102 Å². The highest BCUT2D eigenvalue weighted by Crippen LogP contribution is 2.57. The zero-order valence-electron chi connectivity index (χ0n) is 30.5. The largest absolute Gasteiger partial charge is 0.497 e. The molecular formula is C41H54O7Si. The van der Waals surface area contributed by atoms with Crippen LogP contribution in [0.4, 0.5) is 0 Å². The van der Waals surface area contributed by atoms with Gasteiger partial charge in [-0.05, 0) is 85.1 Å². The monoisotopic (exact) mass is 686 g/mol. The molecule has 2 bridgehead atoms. The lowest BCUT2D eigenvalue weighted by atomic mass is 9.67. The molecule has 2 aliphatic rings. The van der Waals surface area contributed by atoms with Gasteiger partial charge in [0.25, 0.3) is 0 Å². The van der Waals surface area contributed by atoms with E-state index < -0.39 is 31.4 Å². The maximum absolute atomic E-state index is 15.0. The molecule has 2 saturated carbocycles. The fourth-order valence-corrected chi connectivity index (χ4v) is 8.66. The molecule has 0 aliphatic heterocycles. The summed E-state index contributed by atoms with van der Waals surface area (Å²) < 4.78 is 32.7. The summed E-state index contributed by atoms with van der Waals surface area (Å²) in [6.07, 6.45) is 0.342. The molecule has 5 atom stereocenters. The maximum Gasteiger partial charge on any atom is 0.338 e. The summed E-state index contributed by atoms with van der Waals surface area (Å²) in [7, 11) is -0.649. The van der Waals surface area contributed by atoms with E-state index >= 15 is 4.79 Å². The maximum atomic E-state index is 15.0. The zero-order valence-corrected chi connectivity index (χ0v) is 31.5. The average molecular weight is 687 g/mol. The number of ether oxygens (including phenoxy) is 4. The van der Waals surface area contributed by atoms with Gasteiger partial charge in [-0.3, -0.25) is 4.79 Å². The van der Waals surface area contributed by atoms with Crippen molar-refractivity contribution < 1.29 is 33.0 Å². The minimum absolute atomic E-state index is 0.0469. The van der Waals surface area contributed by atoms with Crippen LogP contribution >= 0.6 is 0 Å². The highest BCUT2D eigenvalue weighted by molar-refractivity contribution is 6.74. The van der Waals surface area contributed by atoms with Crippen molar-refractivity contribution in [2.45, 2.75) is 116 Å². The van der Waals surface area contributed by atoms with E-state index in [1.54, 1.807) is 31.4 Å². The van der Waals surface area contributed by atoms with Crippen LogP contribution in [-0.4, -0.2) is 51.1 Å². The van der Waals surface area contributed by atoms with E-state index in [0.29, 0.717) is 37.9 Å². The molecule has 264 valence electrons. The van der Waals surface area contributed by atoms with Gasteiger partial charge in [-0.25, -0.2) is 4.79 Å². The molecule has 8 heteroatoms. The van der Waals surface area contributed by atoms with E-state index in [-0.39, 0.29) is 35.6 Å². The highest BCUT2D eigenvalue weighted by atomic mass is 28.4. The lowest BCUT2D eigenvalue weighted by Crippen LogP contribution is -2.57. The minimum atomic E-state index is -2.31. The summed E-state index contributed by atoms with van der Waals surface area (Å²) in [4.78, 5) is 28.6.